The van der Waals surface area contributed by atoms with Crippen molar-refractivity contribution in [3.8, 4) is 11.5 Å². The molecule has 1 aromatic heterocycles. The highest BCUT2D eigenvalue weighted by Crippen LogP contribution is 2.23. The van der Waals surface area contributed by atoms with E-state index in [1.165, 1.54) is 22.4 Å². The SMILES string of the molecule is COc1ccc(OC)c(/C=N\NC(=O)c2cccn(Cc3ccc(C(C)(C)C)cc3)c2=O)c1. The van der Waals surface area contributed by atoms with Crippen LogP contribution in [0, 0.1) is 0 Å². The zero-order valence-electron chi connectivity index (χ0n) is 19.6. The summed E-state index contributed by atoms with van der Waals surface area (Å²) in [5.74, 6) is 0.619. The van der Waals surface area contributed by atoms with Crippen LogP contribution in [0.1, 0.15) is 47.8 Å². The fourth-order valence-electron chi connectivity index (χ4n) is 3.30. The van der Waals surface area contributed by atoms with Crippen LogP contribution in [0.5, 0.6) is 11.5 Å². The molecule has 0 saturated heterocycles. The average Bonchev–Trinajstić information content (AvgIpc) is 2.80. The molecule has 0 bridgehead atoms. The van der Waals surface area contributed by atoms with Crippen molar-refractivity contribution in [3.05, 3.63) is 93.4 Å². The molecule has 1 amide bonds. The number of benzene rings is 2. The first kappa shape index (κ1) is 23.8. The fourth-order valence-corrected chi connectivity index (χ4v) is 3.30. The second-order valence-electron chi connectivity index (χ2n) is 8.61. The third-order valence-corrected chi connectivity index (χ3v) is 5.24. The molecule has 0 aliphatic carbocycles. The van der Waals surface area contributed by atoms with E-state index in [0.29, 0.717) is 23.6 Å². The zero-order valence-corrected chi connectivity index (χ0v) is 19.6. The minimum absolute atomic E-state index is 0.0126. The maximum atomic E-state index is 12.9. The van der Waals surface area contributed by atoms with E-state index in [4.69, 9.17) is 9.47 Å². The molecule has 3 aromatic rings. The van der Waals surface area contributed by atoms with Crippen LogP contribution in [-0.4, -0.2) is 30.9 Å². The van der Waals surface area contributed by atoms with Crippen LogP contribution in [0.3, 0.4) is 0 Å². The molecule has 2 aromatic carbocycles. The van der Waals surface area contributed by atoms with E-state index in [1.54, 1.807) is 44.7 Å². The molecule has 3 rings (SSSR count). The Kier molecular flexibility index (Phi) is 7.33. The van der Waals surface area contributed by atoms with Crippen molar-refractivity contribution in [2.45, 2.75) is 32.7 Å². The number of nitrogens with one attached hydrogen (secondary N) is 1. The molecule has 0 saturated carbocycles. The molecule has 0 fully saturated rings. The molecule has 7 heteroatoms. The molecule has 0 spiro atoms. The van der Waals surface area contributed by atoms with Gasteiger partial charge in [0.1, 0.15) is 17.1 Å². The van der Waals surface area contributed by atoms with Crippen molar-refractivity contribution in [2.24, 2.45) is 5.10 Å². The lowest BCUT2D eigenvalue weighted by molar-refractivity contribution is 0.0953. The molecule has 0 atom stereocenters. The molecule has 0 radical (unpaired) electrons. The summed E-state index contributed by atoms with van der Waals surface area (Å²) in [5.41, 5.74) is 4.92. The summed E-state index contributed by atoms with van der Waals surface area (Å²) in [6, 6.07) is 16.5. The van der Waals surface area contributed by atoms with E-state index >= 15 is 0 Å². The lowest BCUT2D eigenvalue weighted by Gasteiger charge is -2.19. The molecule has 7 nitrogen and oxygen atoms in total. The lowest BCUT2D eigenvalue weighted by atomic mass is 9.87. The molecule has 33 heavy (non-hydrogen) atoms. The molecular formula is C26H29N3O4. The van der Waals surface area contributed by atoms with Gasteiger partial charge >= 0.3 is 0 Å². The standard InChI is InChI=1S/C26H29N3O4/c1-26(2,3)20-10-8-18(9-11-20)17-29-14-6-7-22(25(29)31)24(30)28-27-16-19-15-21(32-4)12-13-23(19)33-5/h6-16H,17H2,1-5H3,(H,28,30)/b27-16-. The van der Waals surface area contributed by atoms with Crippen LogP contribution in [-0.2, 0) is 12.0 Å². The maximum Gasteiger partial charge on any atom is 0.276 e. The van der Waals surface area contributed by atoms with E-state index < -0.39 is 5.91 Å². The van der Waals surface area contributed by atoms with Crippen molar-refractivity contribution in [1.29, 1.82) is 0 Å². The zero-order chi connectivity index (χ0) is 24.0. The quantitative estimate of drug-likeness (QED) is 0.439. The highest BCUT2D eigenvalue weighted by Gasteiger charge is 2.14. The van der Waals surface area contributed by atoms with Gasteiger partial charge in [0.2, 0.25) is 0 Å². The number of hydrazone groups is 1. The van der Waals surface area contributed by atoms with Gasteiger partial charge in [-0.05, 0) is 46.9 Å². The Morgan fingerprint density at radius 3 is 2.42 bits per heavy atom. The number of rotatable bonds is 7. The van der Waals surface area contributed by atoms with E-state index in [1.807, 2.05) is 12.1 Å². The Bertz CT molecular complexity index is 1210. The summed E-state index contributed by atoms with van der Waals surface area (Å²) in [5, 5.41) is 3.98. The minimum atomic E-state index is -0.587. The van der Waals surface area contributed by atoms with E-state index in [0.717, 1.165) is 5.56 Å². The van der Waals surface area contributed by atoms with Crippen molar-refractivity contribution in [2.75, 3.05) is 14.2 Å². The number of ether oxygens (including phenoxy) is 2. The van der Waals surface area contributed by atoms with Crippen LogP contribution in [0.25, 0.3) is 0 Å². The Balaban J connectivity index is 1.74. The number of methoxy groups -OCH3 is 2. The Hall–Kier alpha value is -3.87. The van der Waals surface area contributed by atoms with Gasteiger partial charge in [0, 0.05) is 11.8 Å². The molecule has 0 unspecified atom stereocenters. The maximum absolute atomic E-state index is 12.9. The summed E-state index contributed by atoms with van der Waals surface area (Å²) < 4.78 is 12.0. The highest BCUT2D eigenvalue weighted by molar-refractivity contribution is 5.94. The third kappa shape index (κ3) is 5.88. The van der Waals surface area contributed by atoms with E-state index in [-0.39, 0.29) is 16.5 Å². The summed E-state index contributed by atoms with van der Waals surface area (Å²) in [4.78, 5) is 25.5. The van der Waals surface area contributed by atoms with Crippen molar-refractivity contribution < 1.29 is 14.3 Å². The van der Waals surface area contributed by atoms with Gasteiger partial charge in [-0.2, -0.15) is 5.10 Å². The normalized spacial score (nSPS) is 11.4. The summed E-state index contributed by atoms with van der Waals surface area (Å²) in [7, 11) is 3.10. The third-order valence-electron chi connectivity index (χ3n) is 5.24. The number of carbonyl (C=O) groups excluding carboxylic acids is 1. The number of pyridine rings is 1. The van der Waals surface area contributed by atoms with Crippen LogP contribution < -0.4 is 20.5 Å². The molecular weight excluding hydrogens is 418 g/mol. The number of hydrogen-bond acceptors (Lipinski definition) is 5. The summed E-state index contributed by atoms with van der Waals surface area (Å²) in [6.07, 6.45) is 3.11. The van der Waals surface area contributed by atoms with Crippen LogP contribution in [0.2, 0.25) is 0 Å². The van der Waals surface area contributed by atoms with Gasteiger partial charge in [-0.25, -0.2) is 5.43 Å². The Morgan fingerprint density at radius 1 is 1.06 bits per heavy atom. The average molecular weight is 448 g/mol. The first-order valence-corrected chi connectivity index (χ1v) is 10.6. The van der Waals surface area contributed by atoms with Crippen molar-refractivity contribution in [1.82, 2.24) is 9.99 Å². The minimum Gasteiger partial charge on any atom is -0.497 e. The Labute approximate surface area is 193 Å². The van der Waals surface area contributed by atoms with Crippen LogP contribution >= 0.6 is 0 Å². The van der Waals surface area contributed by atoms with E-state index in [9.17, 15) is 9.59 Å². The molecule has 0 aliphatic heterocycles. The smallest absolute Gasteiger partial charge is 0.276 e. The first-order valence-electron chi connectivity index (χ1n) is 10.6. The van der Waals surface area contributed by atoms with Crippen LogP contribution in [0.15, 0.2) is 70.7 Å². The number of hydrogen-bond donors (Lipinski definition) is 1. The lowest BCUT2D eigenvalue weighted by Crippen LogP contribution is -2.30. The van der Waals surface area contributed by atoms with Gasteiger partial charge in [-0.3, -0.25) is 9.59 Å². The number of amides is 1. The van der Waals surface area contributed by atoms with Gasteiger partial charge in [-0.15, -0.1) is 0 Å². The molecule has 0 aliphatic rings. The molecule has 1 N–H and O–H groups in total. The largest absolute Gasteiger partial charge is 0.497 e. The van der Waals surface area contributed by atoms with Gasteiger partial charge in [0.25, 0.3) is 11.5 Å². The van der Waals surface area contributed by atoms with Gasteiger partial charge in [-0.1, -0.05) is 45.0 Å². The molecule has 1 heterocycles. The Morgan fingerprint density at radius 2 is 1.79 bits per heavy atom. The summed E-state index contributed by atoms with van der Waals surface area (Å²) in [6.45, 7) is 6.83. The van der Waals surface area contributed by atoms with E-state index in [2.05, 4.69) is 43.4 Å². The summed E-state index contributed by atoms with van der Waals surface area (Å²) >= 11 is 0. The van der Waals surface area contributed by atoms with Gasteiger partial charge in [0.15, 0.2) is 0 Å². The van der Waals surface area contributed by atoms with Crippen molar-refractivity contribution >= 4 is 12.1 Å². The predicted octanol–water partition coefficient (Wildman–Crippen LogP) is 3.98. The topological polar surface area (TPSA) is 81.9 Å². The first-order chi connectivity index (χ1) is 15.7. The highest BCUT2D eigenvalue weighted by atomic mass is 16.5. The molecule has 172 valence electrons. The number of nitrogens with zero attached hydrogens (tertiary/aromatic N) is 2. The number of aromatic nitrogens is 1. The van der Waals surface area contributed by atoms with Gasteiger partial charge in [0.05, 0.1) is 27.0 Å². The monoisotopic (exact) mass is 447 g/mol. The van der Waals surface area contributed by atoms with Crippen LogP contribution in [0.4, 0.5) is 0 Å². The van der Waals surface area contributed by atoms with Crippen molar-refractivity contribution in [3.63, 3.8) is 0 Å². The predicted molar refractivity (Wildman–Crippen MR) is 130 cm³/mol. The second kappa shape index (κ2) is 10.2. The fraction of sp³-hybridized carbons (Fsp3) is 0.269. The number of carbonyl (C=O) groups is 1. The second-order valence-corrected chi connectivity index (χ2v) is 8.61. The van der Waals surface area contributed by atoms with Gasteiger partial charge < -0.3 is 14.0 Å².